The number of rotatable bonds is 3. The number of benzene rings is 14. The molecule has 416 valence electrons. The van der Waals surface area contributed by atoms with E-state index in [-0.39, 0.29) is 5.28 Å². The van der Waals surface area contributed by atoms with Gasteiger partial charge in [-0.25, -0.2) is 19.9 Å². The van der Waals surface area contributed by atoms with Crippen molar-refractivity contribution >= 4 is 142 Å². The van der Waals surface area contributed by atoms with Crippen LogP contribution in [0.3, 0.4) is 0 Å². The maximum atomic E-state index is 6.22. The van der Waals surface area contributed by atoms with Gasteiger partial charge in [-0.05, 0) is 133 Å². The molecule has 0 spiro atoms. The van der Waals surface area contributed by atoms with Crippen molar-refractivity contribution in [2.24, 2.45) is 0 Å². The third-order valence-electron chi connectivity index (χ3n) is 17.9. The summed E-state index contributed by atoms with van der Waals surface area (Å²) < 4.78 is 14.6. The molecule has 14 aromatic carbocycles. The van der Waals surface area contributed by atoms with Crippen LogP contribution < -0.4 is 0 Å². The molecule has 5 aromatic heterocycles. The van der Waals surface area contributed by atoms with Crippen LogP contribution in [0.5, 0.6) is 0 Å². The molecule has 0 saturated carbocycles. The summed E-state index contributed by atoms with van der Waals surface area (Å²) in [5.74, 6) is 0.664. The highest BCUT2D eigenvalue weighted by Crippen LogP contribution is 2.45. The van der Waals surface area contributed by atoms with Gasteiger partial charge in [0.25, 0.3) is 0 Å². The average Bonchev–Trinajstić information content (AvgIpc) is 2.30. The Hall–Kier alpha value is -11.5. The van der Waals surface area contributed by atoms with E-state index in [9.17, 15) is 0 Å². The zero-order chi connectivity index (χ0) is 58.7. The minimum absolute atomic E-state index is 0.280. The quantitative estimate of drug-likeness (QED) is 0.129. The monoisotopic (exact) mass is 1160 g/mol. The van der Waals surface area contributed by atoms with Gasteiger partial charge in [0.1, 0.15) is 22.3 Å². The fourth-order valence-corrected chi connectivity index (χ4v) is 14.0. The molecule has 8 heteroatoms. The van der Waals surface area contributed by atoms with Crippen LogP contribution in [0.4, 0.5) is 0 Å². The predicted octanol–water partition coefficient (Wildman–Crippen LogP) is 22.0. The van der Waals surface area contributed by atoms with E-state index in [0.29, 0.717) is 5.95 Å². The van der Waals surface area contributed by atoms with Crippen molar-refractivity contribution in [3.8, 4) is 39.6 Å². The second-order valence-electron chi connectivity index (χ2n) is 22.9. The largest absolute Gasteiger partial charge is 0.456 e. The van der Waals surface area contributed by atoms with Crippen LogP contribution in [-0.2, 0) is 6.42 Å². The number of aromatic nitrogens is 5. The van der Waals surface area contributed by atoms with E-state index in [2.05, 4.69) is 203 Å². The zero-order valence-electron chi connectivity index (χ0n) is 47.7. The van der Waals surface area contributed by atoms with Crippen molar-refractivity contribution < 1.29 is 8.83 Å². The number of hydrogen-bond donors (Lipinski definition) is 0. The van der Waals surface area contributed by atoms with E-state index < -0.39 is 0 Å². The number of halogens is 1. The number of para-hydroxylation sites is 5. The first-order valence-corrected chi connectivity index (χ1v) is 30.3. The molecule has 0 unspecified atom stereocenters. The van der Waals surface area contributed by atoms with Gasteiger partial charge in [-0.3, -0.25) is 4.57 Å². The average molecular weight is 1160 g/mol. The Kier molecular flexibility index (Phi) is 11.6. The van der Waals surface area contributed by atoms with Crippen LogP contribution in [0.2, 0.25) is 5.28 Å². The second kappa shape index (κ2) is 20.3. The van der Waals surface area contributed by atoms with E-state index in [4.69, 9.17) is 30.4 Å². The van der Waals surface area contributed by atoms with Crippen LogP contribution in [0, 0.1) is 0 Å². The summed E-state index contributed by atoms with van der Waals surface area (Å²) in [7, 11) is 0. The Morgan fingerprint density at radius 1 is 0.315 bits per heavy atom. The van der Waals surface area contributed by atoms with Gasteiger partial charge in [-0.1, -0.05) is 224 Å². The van der Waals surface area contributed by atoms with Crippen molar-refractivity contribution in [1.82, 2.24) is 24.5 Å². The van der Waals surface area contributed by atoms with Crippen LogP contribution in [0.25, 0.3) is 170 Å². The summed E-state index contributed by atoms with van der Waals surface area (Å²) in [6, 6.07) is 97.5. The lowest BCUT2D eigenvalue weighted by atomic mass is 9.94. The van der Waals surface area contributed by atoms with E-state index in [1.807, 2.05) is 91.0 Å². The first-order chi connectivity index (χ1) is 44.0. The lowest BCUT2D eigenvalue weighted by Gasteiger charge is -2.13. The fourth-order valence-electron chi connectivity index (χ4n) is 13.9. The molecule has 0 aliphatic heterocycles. The Bertz CT molecular complexity index is 6110. The molecule has 7 nitrogen and oxygen atoms in total. The molecular weight excluding hydrogens is 1110 g/mol. The first-order valence-electron chi connectivity index (χ1n) is 29.9. The molecule has 89 heavy (non-hydrogen) atoms. The summed E-state index contributed by atoms with van der Waals surface area (Å²) >= 11 is 5.95. The third kappa shape index (κ3) is 8.27. The van der Waals surface area contributed by atoms with Crippen LogP contribution in [-0.4, -0.2) is 24.5 Å². The molecule has 0 amide bonds. The Morgan fingerprint density at radius 2 is 0.798 bits per heavy atom. The van der Waals surface area contributed by atoms with E-state index in [1.54, 1.807) is 0 Å². The Morgan fingerprint density at radius 3 is 1.46 bits per heavy atom. The normalized spacial score (nSPS) is 12.1. The highest BCUT2D eigenvalue weighted by molar-refractivity contribution is 6.29. The molecule has 0 fully saturated rings. The number of hydrogen-bond acceptors (Lipinski definition) is 6. The second-order valence-corrected chi connectivity index (χ2v) is 23.2. The zero-order valence-corrected chi connectivity index (χ0v) is 48.5. The Labute approximate surface area is 514 Å². The number of furan rings is 2. The third-order valence-corrected chi connectivity index (χ3v) is 18.1. The molecular formula is C81H48ClN5O2. The fraction of sp³-hybridized carbons (Fsp3) is 0.0123. The topological polar surface area (TPSA) is 82.8 Å². The SMILES string of the molecule is Clc1nc(-c2ccccc2)c2ccccc2n1.c1ccc(-c2nc(-n3c4ccccc4c4ccc5c6cc7c(cc6ccc5c43)oc3ccccc37)nc3ccccc23)cc1.c1ccc2c(c1)Cc1c-2ccc2c1ccc1cc3oc4ccccc4c3cc12. The molecule has 0 radical (unpaired) electrons. The minimum Gasteiger partial charge on any atom is -0.456 e. The van der Waals surface area contributed by atoms with E-state index >= 15 is 0 Å². The maximum Gasteiger partial charge on any atom is 0.235 e. The van der Waals surface area contributed by atoms with Crippen molar-refractivity contribution in [3.63, 3.8) is 0 Å². The van der Waals surface area contributed by atoms with Crippen molar-refractivity contribution in [3.05, 3.63) is 295 Å². The standard InChI is InChI=1S/C40H23N3O.C27H16O.C14H9ClN2/c1-2-10-24(11-3-1)38-31-14-4-7-15-34(31)41-40(42-38)43-35-16-8-5-12-27(35)30-21-20-26-29(39(30)43)19-18-25-22-37-33(23-32(25)26)28-13-6-9-17-36(28)44-37;1-2-6-18-16(5-1)13-24-19(18)11-12-20-21(24)10-9-17-14-27-25(15-23(17)20)22-7-3-4-8-26(22)28-27;15-14-16-12-9-5-4-8-11(12)13(17-14)10-6-2-1-3-7-10/h1-23H;1-12,14-15H,13H2;1-9H. The van der Waals surface area contributed by atoms with Crippen molar-refractivity contribution in [2.75, 3.05) is 0 Å². The van der Waals surface area contributed by atoms with E-state index in [1.165, 1.54) is 76.1 Å². The summed E-state index contributed by atoms with van der Waals surface area (Å²) in [4.78, 5) is 19.0. The van der Waals surface area contributed by atoms with Gasteiger partial charge in [-0.2, -0.15) is 0 Å². The van der Waals surface area contributed by atoms with Crippen molar-refractivity contribution in [2.45, 2.75) is 6.42 Å². The molecule has 1 aliphatic rings. The Balaban J connectivity index is 0.000000112. The van der Waals surface area contributed by atoms with Gasteiger partial charge in [0.05, 0.1) is 33.5 Å². The summed E-state index contributed by atoms with van der Waals surface area (Å²) in [6.07, 6.45) is 1.02. The molecule has 5 heterocycles. The predicted molar refractivity (Wildman–Crippen MR) is 369 cm³/mol. The molecule has 0 bridgehead atoms. The lowest BCUT2D eigenvalue weighted by Crippen LogP contribution is -2.03. The van der Waals surface area contributed by atoms with Crippen molar-refractivity contribution in [1.29, 1.82) is 0 Å². The van der Waals surface area contributed by atoms with E-state index in [0.717, 1.165) is 106 Å². The van der Waals surface area contributed by atoms with Gasteiger partial charge in [0.2, 0.25) is 11.2 Å². The van der Waals surface area contributed by atoms with Crippen LogP contribution >= 0.6 is 11.6 Å². The van der Waals surface area contributed by atoms with Crippen LogP contribution in [0.15, 0.2) is 288 Å². The van der Waals surface area contributed by atoms with Gasteiger partial charge in [0.15, 0.2) is 0 Å². The summed E-state index contributed by atoms with van der Waals surface area (Å²) in [5.41, 5.74) is 17.3. The minimum atomic E-state index is 0.280. The smallest absolute Gasteiger partial charge is 0.235 e. The maximum absolute atomic E-state index is 6.22. The van der Waals surface area contributed by atoms with Gasteiger partial charge in [-0.15, -0.1) is 0 Å². The highest BCUT2D eigenvalue weighted by atomic mass is 35.5. The molecule has 20 rings (SSSR count). The molecule has 0 N–H and O–H groups in total. The number of fused-ring (bicyclic) bond motifs is 22. The lowest BCUT2D eigenvalue weighted by molar-refractivity contribution is 0.669. The van der Waals surface area contributed by atoms with Gasteiger partial charge >= 0.3 is 0 Å². The molecule has 0 atom stereocenters. The van der Waals surface area contributed by atoms with Crippen LogP contribution in [0.1, 0.15) is 11.1 Å². The summed E-state index contributed by atoms with van der Waals surface area (Å²) in [5, 5.41) is 19.3. The van der Waals surface area contributed by atoms with Gasteiger partial charge < -0.3 is 8.83 Å². The first kappa shape index (κ1) is 50.8. The summed E-state index contributed by atoms with van der Waals surface area (Å²) in [6.45, 7) is 0. The number of nitrogens with zero attached hydrogens (tertiary/aromatic N) is 5. The highest BCUT2D eigenvalue weighted by Gasteiger charge is 2.23. The molecule has 0 saturated heterocycles. The van der Waals surface area contributed by atoms with Gasteiger partial charge in [0, 0.05) is 59.6 Å². The molecule has 19 aromatic rings. The molecule has 1 aliphatic carbocycles.